The fourth-order valence-electron chi connectivity index (χ4n) is 3.84. The molecule has 164 valence electrons. The maximum absolute atomic E-state index is 12.4. The molecule has 2 amide bonds. The highest BCUT2D eigenvalue weighted by molar-refractivity contribution is 5.83. The van der Waals surface area contributed by atoms with Gasteiger partial charge in [-0.05, 0) is 22.3 Å². The Bertz CT molecular complexity index is 915. The van der Waals surface area contributed by atoms with Crippen molar-refractivity contribution in [2.75, 3.05) is 32.8 Å². The van der Waals surface area contributed by atoms with Gasteiger partial charge in [0, 0.05) is 19.0 Å². The first-order valence-electron chi connectivity index (χ1n) is 10.1. The van der Waals surface area contributed by atoms with E-state index in [1.165, 1.54) is 0 Å². The van der Waals surface area contributed by atoms with Crippen LogP contribution in [-0.4, -0.2) is 65.9 Å². The van der Waals surface area contributed by atoms with Gasteiger partial charge in [-0.2, -0.15) is 0 Å². The summed E-state index contributed by atoms with van der Waals surface area (Å²) in [5.41, 5.74) is 4.48. The molecular weight excluding hydrogens is 400 g/mol. The zero-order chi connectivity index (χ0) is 22.4. The lowest BCUT2D eigenvalue weighted by molar-refractivity contribution is -0.146. The number of hydrogen-bond donors (Lipinski definition) is 3. The molecule has 0 saturated heterocycles. The second kappa shape index (κ2) is 10.1. The van der Waals surface area contributed by atoms with Crippen molar-refractivity contribution in [3.05, 3.63) is 59.7 Å². The van der Waals surface area contributed by atoms with Gasteiger partial charge in [-0.3, -0.25) is 9.59 Å². The normalized spacial score (nSPS) is 13.1. The molecule has 8 nitrogen and oxygen atoms in total. The quantitative estimate of drug-likeness (QED) is 0.565. The molecule has 0 radical (unpaired) electrons. The number of carboxylic acid groups (broad SMARTS) is 1. The molecule has 0 heterocycles. The first kappa shape index (κ1) is 22.3. The lowest BCUT2D eigenvalue weighted by Gasteiger charge is -2.23. The molecule has 1 aliphatic rings. The molecule has 8 heteroatoms. The van der Waals surface area contributed by atoms with Gasteiger partial charge in [-0.15, -0.1) is 0 Å². The summed E-state index contributed by atoms with van der Waals surface area (Å²) in [4.78, 5) is 36.6. The molecule has 1 aliphatic carbocycles. The second-order valence-corrected chi connectivity index (χ2v) is 7.48. The number of alkyl carbamates (subject to hydrolysis) is 1. The number of benzene rings is 2. The standard InChI is InChI=1S/C23H26N2O6/c1-15(22(29)25(10-11-26)13-21(27)28)12-24-23(30)31-14-20-18-8-4-2-6-16(18)17-7-3-5-9-19(17)20/h2-9,15,20,26H,10-14H2,1H3,(H,24,30)(H,27,28). The van der Waals surface area contributed by atoms with Crippen molar-refractivity contribution in [3.8, 4) is 11.1 Å². The highest BCUT2D eigenvalue weighted by atomic mass is 16.5. The number of aliphatic hydroxyl groups is 1. The van der Waals surface area contributed by atoms with Crippen molar-refractivity contribution < 1.29 is 29.3 Å². The Kier molecular flexibility index (Phi) is 7.25. The minimum atomic E-state index is -1.17. The lowest BCUT2D eigenvalue weighted by atomic mass is 9.98. The molecule has 1 atom stereocenters. The molecule has 0 saturated carbocycles. The third kappa shape index (κ3) is 5.21. The Labute approximate surface area is 180 Å². The van der Waals surface area contributed by atoms with Gasteiger partial charge in [0.15, 0.2) is 0 Å². The van der Waals surface area contributed by atoms with Crippen LogP contribution >= 0.6 is 0 Å². The van der Waals surface area contributed by atoms with E-state index in [1.54, 1.807) is 6.92 Å². The predicted octanol–water partition coefficient (Wildman–Crippen LogP) is 2.07. The first-order valence-corrected chi connectivity index (χ1v) is 10.1. The molecule has 0 aromatic heterocycles. The van der Waals surface area contributed by atoms with Crippen LogP contribution in [0.15, 0.2) is 48.5 Å². The molecular formula is C23H26N2O6. The van der Waals surface area contributed by atoms with Crippen LogP contribution in [0, 0.1) is 5.92 Å². The summed E-state index contributed by atoms with van der Waals surface area (Å²) in [5, 5.41) is 20.5. The number of aliphatic hydroxyl groups excluding tert-OH is 1. The summed E-state index contributed by atoms with van der Waals surface area (Å²) >= 11 is 0. The van der Waals surface area contributed by atoms with E-state index in [0.29, 0.717) is 0 Å². The number of carbonyl (C=O) groups excluding carboxylic acids is 2. The van der Waals surface area contributed by atoms with Crippen molar-refractivity contribution in [2.24, 2.45) is 5.92 Å². The van der Waals surface area contributed by atoms with Gasteiger partial charge in [0.25, 0.3) is 0 Å². The number of aliphatic carboxylic acids is 1. The van der Waals surface area contributed by atoms with Crippen molar-refractivity contribution in [2.45, 2.75) is 12.8 Å². The number of amides is 2. The van der Waals surface area contributed by atoms with E-state index in [2.05, 4.69) is 17.4 Å². The van der Waals surface area contributed by atoms with Gasteiger partial charge in [0.2, 0.25) is 5.91 Å². The Hall–Kier alpha value is -3.39. The predicted molar refractivity (Wildman–Crippen MR) is 114 cm³/mol. The van der Waals surface area contributed by atoms with Crippen molar-refractivity contribution in [3.63, 3.8) is 0 Å². The van der Waals surface area contributed by atoms with E-state index < -0.39 is 30.4 Å². The van der Waals surface area contributed by atoms with Crippen LogP contribution in [0.4, 0.5) is 4.79 Å². The Morgan fingerprint density at radius 3 is 2.19 bits per heavy atom. The number of carboxylic acids is 1. The van der Waals surface area contributed by atoms with E-state index >= 15 is 0 Å². The van der Waals surface area contributed by atoms with Crippen LogP contribution in [0.1, 0.15) is 24.0 Å². The van der Waals surface area contributed by atoms with Crippen LogP contribution in [0.25, 0.3) is 11.1 Å². The number of nitrogens with zero attached hydrogens (tertiary/aromatic N) is 1. The zero-order valence-corrected chi connectivity index (χ0v) is 17.3. The van der Waals surface area contributed by atoms with Crippen molar-refractivity contribution >= 4 is 18.0 Å². The molecule has 3 N–H and O–H groups in total. The lowest BCUT2D eigenvalue weighted by Crippen LogP contribution is -2.44. The smallest absolute Gasteiger partial charge is 0.407 e. The largest absolute Gasteiger partial charge is 0.480 e. The topological polar surface area (TPSA) is 116 Å². The second-order valence-electron chi connectivity index (χ2n) is 7.48. The molecule has 0 bridgehead atoms. The molecule has 0 spiro atoms. The van der Waals surface area contributed by atoms with Gasteiger partial charge in [-0.1, -0.05) is 55.5 Å². The molecule has 1 unspecified atom stereocenters. The number of carbonyl (C=O) groups is 3. The monoisotopic (exact) mass is 426 g/mol. The maximum atomic E-state index is 12.4. The molecule has 31 heavy (non-hydrogen) atoms. The minimum absolute atomic E-state index is 0.00292. The van der Waals surface area contributed by atoms with E-state index in [-0.39, 0.29) is 32.2 Å². The SMILES string of the molecule is CC(CNC(=O)OCC1c2ccccc2-c2ccccc21)C(=O)N(CCO)CC(=O)O. The van der Waals surface area contributed by atoms with Crippen LogP contribution in [0.3, 0.4) is 0 Å². The number of fused-ring (bicyclic) bond motifs is 3. The fourth-order valence-corrected chi connectivity index (χ4v) is 3.84. The van der Waals surface area contributed by atoms with E-state index in [4.69, 9.17) is 14.9 Å². The average molecular weight is 426 g/mol. The minimum Gasteiger partial charge on any atom is -0.480 e. The van der Waals surface area contributed by atoms with E-state index in [9.17, 15) is 14.4 Å². The number of hydrogen-bond acceptors (Lipinski definition) is 5. The third-order valence-electron chi connectivity index (χ3n) is 5.33. The molecule has 2 aromatic carbocycles. The van der Waals surface area contributed by atoms with Crippen LogP contribution < -0.4 is 5.32 Å². The van der Waals surface area contributed by atoms with E-state index in [1.807, 2.05) is 36.4 Å². The van der Waals surface area contributed by atoms with Crippen molar-refractivity contribution in [1.82, 2.24) is 10.2 Å². The zero-order valence-electron chi connectivity index (χ0n) is 17.3. The summed E-state index contributed by atoms with van der Waals surface area (Å²) in [6.45, 7) is 0.813. The van der Waals surface area contributed by atoms with Gasteiger partial charge in [0.05, 0.1) is 12.5 Å². The van der Waals surface area contributed by atoms with E-state index in [0.717, 1.165) is 27.2 Å². The van der Waals surface area contributed by atoms with Gasteiger partial charge < -0.3 is 25.2 Å². The summed E-state index contributed by atoms with van der Waals surface area (Å²) in [7, 11) is 0. The number of ether oxygens (including phenoxy) is 1. The summed E-state index contributed by atoms with van der Waals surface area (Å²) < 4.78 is 5.43. The van der Waals surface area contributed by atoms with Gasteiger partial charge in [-0.25, -0.2) is 4.79 Å². The molecule has 0 aliphatic heterocycles. The Morgan fingerprint density at radius 1 is 1.06 bits per heavy atom. The highest BCUT2D eigenvalue weighted by Crippen LogP contribution is 2.44. The molecule has 2 aromatic rings. The number of rotatable bonds is 9. The van der Waals surface area contributed by atoms with Crippen LogP contribution in [-0.2, 0) is 14.3 Å². The molecule has 0 fully saturated rings. The number of nitrogens with one attached hydrogen (secondary N) is 1. The Balaban J connectivity index is 1.55. The fraction of sp³-hybridized carbons (Fsp3) is 0.348. The first-order chi connectivity index (χ1) is 14.9. The summed E-state index contributed by atoms with van der Waals surface area (Å²) in [6.07, 6.45) is -0.645. The average Bonchev–Trinajstić information content (AvgIpc) is 3.08. The van der Waals surface area contributed by atoms with Gasteiger partial charge in [0.1, 0.15) is 13.2 Å². The highest BCUT2D eigenvalue weighted by Gasteiger charge is 2.29. The van der Waals surface area contributed by atoms with Crippen LogP contribution in [0.5, 0.6) is 0 Å². The Morgan fingerprint density at radius 2 is 1.65 bits per heavy atom. The summed E-state index contributed by atoms with van der Waals surface area (Å²) in [6, 6.07) is 16.0. The third-order valence-corrected chi connectivity index (χ3v) is 5.33. The molecule has 3 rings (SSSR count). The van der Waals surface area contributed by atoms with Gasteiger partial charge >= 0.3 is 12.1 Å². The summed E-state index contributed by atoms with van der Waals surface area (Å²) in [5.74, 6) is -2.35. The van der Waals surface area contributed by atoms with Crippen molar-refractivity contribution in [1.29, 1.82) is 0 Å². The van der Waals surface area contributed by atoms with Crippen LogP contribution in [0.2, 0.25) is 0 Å². The maximum Gasteiger partial charge on any atom is 0.407 e.